The molecule has 1 N–H and O–H groups in total. The summed E-state index contributed by atoms with van der Waals surface area (Å²) in [4.78, 5) is 2.58. The Morgan fingerprint density at radius 2 is 1.85 bits per heavy atom. The number of anilines is 1. The van der Waals surface area contributed by atoms with Gasteiger partial charge in [0.05, 0.1) is 22.4 Å². The summed E-state index contributed by atoms with van der Waals surface area (Å²) in [5.74, 6) is 0.719. The van der Waals surface area contributed by atoms with E-state index in [-0.39, 0.29) is 0 Å². The van der Waals surface area contributed by atoms with E-state index in [9.17, 15) is 8.42 Å². The van der Waals surface area contributed by atoms with Crippen molar-refractivity contribution in [3.63, 3.8) is 0 Å². The van der Waals surface area contributed by atoms with Gasteiger partial charge in [-0.25, -0.2) is 8.42 Å². The average Bonchev–Trinajstić information content (AvgIpc) is 2.68. The lowest BCUT2D eigenvalue weighted by Gasteiger charge is -2.34. The fourth-order valence-electron chi connectivity index (χ4n) is 3.85. The zero-order chi connectivity index (χ0) is 19.0. The summed E-state index contributed by atoms with van der Waals surface area (Å²) in [6.45, 7) is 5.99. The summed E-state index contributed by atoms with van der Waals surface area (Å²) >= 11 is 5.93. The van der Waals surface area contributed by atoms with Crippen molar-refractivity contribution in [2.45, 2.75) is 23.5 Å². The molecule has 1 saturated heterocycles. The van der Waals surface area contributed by atoms with Crippen molar-refractivity contribution in [3.05, 3.63) is 52.5 Å². The Hall–Kier alpha value is -1.76. The number of aryl methyl sites for hydroxylation is 1. The molecule has 1 unspecified atom stereocenters. The maximum Gasteiger partial charge on any atom is 0.185 e. The third-order valence-electron chi connectivity index (χ3n) is 5.19. The lowest BCUT2D eigenvalue weighted by molar-refractivity contribution is 0.283. The molecule has 2 aromatic carbocycles. The Morgan fingerprint density at radius 3 is 2.56 bits per heavy atom. The Morgan fingerprint density at radius 1 is 1.15 bits per heavy atom. The second-order valence-corrected chi connectivity index (χ2v) is 9.63. The van der Waals surface area contributed by atoms with E-state index in [1.165, 1.54) is 0 Å². The molecule has 1 atom stereocenters. The van der Waals surface area contributed by atoms with Gasteiger partial charge in [-0.2, -0.15) is 0 Å². The molecule has 1 fully saturated rings. The Balaban J connectivity index is 1.79. The van der Waals surface area contributed by atoms with Crippen molar-refractivity contribution in [2.24, 2.45) is 0 Å². The predicted molar refractivity (Wildman–Crippen MR) is 108 cm³/mol. The van der Waals surface area contributed by atoms with Gasteiger partial charge in [0.1, 0.15) is 5.75 Å². The van der Waals surface area contributed by atoms with Crippen LogP contribution in [-0.4, -0.2) is 41.2 Å². The number of halogens is 1. The number of hydrogen-bond acceptors (Lipinski definition) is 5. The highest BCUT2D eigenvalue weighted by molar-refractivity contribution is 7.91. The minimum absolute atomic E-state index is 0.301. The van der Waals surface area contributed by atoms with E-state index < -0.39 is 15.1 Å². The Kier molecular flexibility index (Phi) is 5.05. The number of nitrogens with zero attached hydrogens (tertiary/aromatic N) is 1. The van der Waals surface area contributed by atoms with Gasteiger partial charge in [-0.15, -0.1) is 0 Å². The zero-order valence-corrected chi connectivity index (χ0v) is 16.8. The number of ether oxygens (including phenoxy) is 1. The van der Waals surface area contributed by atoms with Crippen LogP contribution < -0.4 is 15.0 Å². The van der Waals surface area contributed by atoms with Gasteiger partial charge >= 0.3 is 0 Å². The molecule has 0 radical (unpaired) electrons. The van der Waals surface area contributed by atoms with Crippen molar-refractivity contribution in [1.82, 2.24) is 5.32 Å². The topological polar surface area (TPSA) is 58.6 Å². The van der Waals surface area contributed by atoms with E-state index in [2.05, 4.69) is 16.3 Å². The van der Waals surface area contributed by atoms with Gasteiger partial charge in [-0.1, -0.05) is 17.7 Å². The molecule has 2 heterocycles. The second kappa shape index (κ2) is 7.34. The summed E-state index contributed by atoms with van der Waals surface area (Å²) in [5.41, 5.74) is 2.82. The van der Waals surface area contributed by atoms with Crippen molar-refractivity contribution < 1.29 is 13.2 Å². The molecule has 0 aliphatic carbocycles. The van der Waals surface area contributed by atoms with Crippen molar-refractivity contribution in [2.75, 3.05) is 37.7 Å². The molecule has 2 aliphatic heterocycles. The molecule has 4 rings (SSSR count). The van der Waals surface area contributed by atoms with Crippen LogP contribution in [0.25, 0.3) is 0 Å². The van der Waals surface area contributed by atoms with E-state index in [4.69, 9.17) is 16.3 Å². The van der Waals surface area contributed by atoms with E-state index >= 15 is 0 Å². The third kappa shape index (κ3) is 3.53. The number of sulfone groups is 1. The standard InChI is InChI=1S/C20H23ClN2O3S/c1-14-12-17-19(27(24,25)16-4-2-15(21)3-5-16)6-11-26-20(17)18(13-14)23-9-7-22-8-10-23/h2-5,12-13,19,22H,6-11H2,1H3. The molecular formula is C20H23ClN2O3S. The van der Waals surface area contributed by atoms with Crippen LogP contribution in [0.2, 0.25) is 5.02 Å². The first-order chi connectivity index (χ1) is 13.0. The summed E-state index contributed by atoms with van der Waals surface area (Å²) in [6.07, 6.45) is 0.447. The molecule has 5 nitrogen and oxygen atoms in total. The maximum atomic E-state index is 13.3. The molecule has 27 heavy (non-hydrogen) atoms. The summed E-state index contributed by atoms with van der Waals surface area (Å²) in [7, 11) is -3.53. The van der Waals surface area contributed by atoms with E-state index in [1.807, 2.05) is 13.0 Å². The van der Waals surface area contributed by atoms with Gasteiger partial charge < -0.3 is 15.0 Å². The third-order valence-corrected chi connectivity index (χ3v) is 7.61. The highest BCUT2D eigenvalue weighted by Gasteiger charge is 2.36. The first-order valence-corrected chi connectivity index (χ1v) is 11.1. The van der Waals surface area contributed by atoms with Gasteiger partial charge in [0, 0.05) is 43.2 Å². The minimum Gasteiger partial charge on any atom is -0.491 e. The first kappa shape index (κ1) is 18.6. The smallest absolute Gasteiger partial charge is 0.185 e. The second-order valence-electron chi connectivity index (χ2n) is 7.06. The highest BCUT2D eigenvalue weighted by atomic mass is 35.5. The Bertz CT molecular complexity index is 938. The first-order valence-electron chi connectivity index (χ1n) is 9.19. The van der Waals surface area contributed by atoms with Crippen LogP contribution in [0.3, 0.4) is 0 Å². The summed E-state index contributed by atoms with van der Waals surface area (Å²) in [5, 5.41) is 3.27. The lowest BCUT2D eigenvalue weighted by Crippen LogP contribution is -2.44. The Labute approximate surface area is 165 Å². The van der Waals surface area contributed by atoms with Gasteiger partial charge in [0.15, 0.2) is 9.84 Å². The van der Waals surface area contributed by atoms with Crippen LogP contribution in [0.1, 0.15) is 22.8 Å². The van der Waals surface area contributed by atoms with E-state index in [0.717, 1.165) is 48.7 Å². The van der Waals surface area contributed by atoms with E-state index in [1.54, 1.807) is 24.3 Å². The van der Waals surface area contributed by atoms with Crippen LogP contribution in [0.4, 0.5) is 5.69 Å². The van der Waals surface area contributed by atoms with Crippen LogP contribution >= 0.6 is 11.6 Å². The maximum absolute atomic E-state index is 13.3. The molecule has 2 aliphatic rings. The predicted octanol–water partition coefficient (Wildman–Crippen LogP) is 3.36. The van der Waals surface area contributed by atoms with Gasteiger partial charge in [0.25, 0.3) is 0 Å². The molecule has 0 amide bonds. The fourth-order valence-corrected chi connectivity index (χ4v) is 5.74. The molecule has 0 bridgehead atoms. The largest absolute Gasteiger partial charge is 0.491 e. The molecule has 144 valence electrons. The molecule has 7 heteroatoms. The molecule has 2 aromatic rings. The van der Waals surface area contributed by atoms with Crippen molar-refractivity contribution >= 4 is 27.1 Å². The zero-order valence-electron chi connectivity index (χ0n) is 15.2. The summed E-state index contributed by atoms with van der Waals surface area (Å²) in [6, 6.07) is 10.5. The van der Waals surface area contributed by atoms with E-state index in [0.29, 0.717) is 22.9 Å². The van der Waals surface area contributed by atoms with Gasteiger partial charge in [0.2, 0.25) is 0 Å². The van der Waals surface area contributed by atoms with Crippen LogP contribution in [0.5, 0.6) is 5.75 Å². The molecular weight excluding hydrogens is 384 g/mol. The molecule has 0 spiro atoms. The number of rotatable bonds is 3. The van der Waals surface area contributed by atoms with Crippen molar-refractivity contribution in [1.29, 1.82) is 0 Å². The highest BCUT2D eigenvalue weighted by Crippen LogP contribution is 2.45. The number of benzene rings is 2. The lowest BCUT2D eigenvalue weighted by atomic mass is 10.0. The van der Waals surface area contributed by atoms with Crippen LogP contribution in [0, 0.1) is 6.92 Å². The summed E-state index contributed by atoms with van der Waals surface area (Å²) < 4.78 is 32.7. The normalized spacial score (nSPS) is 20.1. The van der Waals surface area contributed by atoms with Crippen molar-refractivity contribution in [3.8, 4) is 5.75 Å². The molecule has 0 saturated carbocycles. The van der Waals surface area contributed by atoms with Gasteiger partial charge in [-0.05, 0) is 42.8 Å². The minimum atomic E-state index is -3.53. The monoisotopic (exact) mass is 406 g/mol. The SMILES string of the molecule is Cc1cc2c(c(N3CCNCC3)c1)OCCC2S(=O)(=O)c1ccc(Cl)cc1. The average molecular weight is 407 g/mol. The number of fused-ring (bicyclic) bond motifs is 1. The quantitative estimate of drug-likeness (QED) is 0.847. The van der Waals surface area contributed by atoms with Crippen LogP contribution in [-0.2, 0) is 9.84 Å². The number of nitrogens with one attached hydrogen (secondary N) is 1. The number of hydrogen-bond donors (Lipinski definition) is 1. The van der Waals surface area contributed by atoms with Crippen LogP contribution in [0.15, 0.2) is 41.3 Å². The molecule has 0 aromatic heterocycles. The van der Waals surface area contributed by atoms with Gasteiger partial charge in [-0.3, -0.25) is 0 Å². The number of piperazine rings is 1. The fraction of sp³-hybridized carbons (Fsp3) is 0.400.